The van der Waals surface area contributed by atoms with Gasteiger partial charge in [0.05, 0.1) is 12.3 Å². The third-order valence-corrected chi connectivity index (χ3v) is 3.05. The van der Waals surface area contributed by atoms with E-state index in [1.165, 1.54) is 25.0 Å². The largest absolute Gasteiger partial charge is 0.392 e. The zero-order chi connectivity index (χ0) is 12.0. The Labute approximate surface area is 98.5 Å². The van der Waals surface area contributed by atoms with Crippen molar-refractivity contribution in [3.63, 3.8) is 0 Å². The highest BCUT2D eigenvalue weighted by Crippen LogP contribution is 2.17. The molecule has 0 saturated carbocycles. The average Bonchev–Trinajstić information content (AvgIpc) is 2.66. The Bertz CT molecular complexity index is 318. The zero-order valence-corrected chi connectivity index (χ0v) is 10.8. The van der Waals surface area contributed by atoms with E-state index in [4.69, 9.17) is 0 Å². The summed E-state index contributed by atoms with van der Waals surface area (Å²) < 4.78 is 2.10. The van der Waals surface area contributed by atoms with E-state index in [-0.39, 0.29) is 6.61 Å². The second-order valence-corrected chi connectivity index (χ2v) is 4.17. The van der Waals surface area contributed by atoms with Crippen LogP contribution in [0.4, 0.5) is 0 Å². The molecule has 0 fully saturated rings. The van der Waals surface area contributed by atoms with E-state index < -0.39 is 0 Å². The molecule has 0 aromatic carbocycles. The number of aliphatic hydroxyl groups excluding tert-OH is 1. The van der Waals surface area contributed by atoms with Crippen LogP contribution >= 0.6 is 0 Å². The minimum Gasteiger partial charge on any atom is -0.392 e. The molecule has 1 aromatic rings. The van der Waals surface area contributed by atoms with Crippen LogP contribution in [-0.4, -0.2) is 14.9 Å². The van der Waals surface area contributed by atoms with Gasteiger partial charge in [-0.25, -0.2) is 0 Å². The Morgan fingerprint density at radius 2 is 1.88 bits per heavy atom. The van der Waals surface area contributed by atoms with Gasteiger partial charge in [-0.2, -0.15) is 5.10 Å². The highest BCUT2D eigenvalue weighted by atomic mass is 16.3. The van der Waals surface area contributed by atoms with Crippen molar-refractivity contribution >= 4 is 0 Å². The van der Waals surface area contributed by atoms with E-state index in [9.17, 15) is 5.11 Å². The van der Waals surface area contributed by atoms with Gasteiger partial charge in [-0.05, 0) is 19.3 Å². The van der Waals surface area contributed by atoms with Crippen molar-refractivity contribution in [2.45, 2.75) is 66.0 Å². The molecule has 0 aliphatic heterocycles. The van der Waals surface area contributed by atoms with E-state index in [0.29, 0.717) is 0 Å². The Morgan fingerprint density at radius 1 is 1.12 bits per heavy atom. The zero-order valence-electron chi connectivity index (χ0n) is 10.8. The summed E-state index contributed by atoms with van der Waals surface area (Å²) >= 11 is 0. The number of aliphatic hydroxyl groups is 1. The van der Waals surface area contributed by atoms with Crippen LogP contribution in [-0.2, 0) is 26.0 Å². The van der Waals surface area contributed by atoms with Gasteiger partial charge >= 0.3 is 0 Å². The molecule has 16 heavy (non-hydrogen) atoms. The lowest BCUT2D eigenvalue weighted by Crippen LogP contribution is -2.05. The fourth-order valence-electron chi connectivity index (χ4n) is 2.15. The SMILES string of the molecule is CCCCCn1nc(CC)c(CO)c1CC. The lowest BCUT2D eigenvalue weighted by atomic mass is 10.1. The van der Waals surface area contributed by atoms with Crippen LogP contribution in [0.15, 0.2) is 0 Å². The smallest absolute Gasteiger partial charge is 0.0718 e. The van der Waals surface area contributed by atoms with Gasteiger partial charge in [0, 0.05) is 17.8 Å². The van der Waals surface area contributed by atoms with Crippen molar-refractivity contribution < 1.29 is 5.11 Å². The van der Waals surface area contributed by atoms with Gasteiger partial charge < -0.3 is 5.11 Å². The lowest BCUT2D eigenvalue weighted by Gasteiger charge is -2.06. The molecule has 1 aromatic heterocycles. The number of aromatic nitrogens is 2. The van der Waals surface area contributed by atoms with Gasteiger partial charge in [0.1, 0.15) is 0 Å². The van der Waals surface area contributed by atoms with Gasteiger partial charge in [0.25, 0.3) is 0 Å². The quantitative estimate of drug-likeness (QED) is 0.723. The molecule has 3 heteroatoms. The van der Waals surface area contributed by atoms with E-state index >= 15 is 0 Å². The molecule has 0 unspecified atom stereocenters. The van der Waals surface area contributed by atoms with Crippen LogP contribution in [0.1, 0.15) is 57.0 Å². The van der Waals surface area contributed by atoms with Gasteiger partial charge in [0.15, 0.2) is 0 Å². The van der Waals surface area contributed by atoms with Gasteiger partial charge in [-0.1, -0.05) is 33.6 Å². The fraction of sp³-hybridized carbons (Fsp3) is 0.769. The van der Waals surface area contributed by atoms with E-state index in [2.05, 4.69) is 30.6 Å². The Hall–Kier alpha value is -0.830. The number of hydrogen-bond donors (Lipinski definition) is 1. The molecule has 0 radical (unpaired) electrons. The van der Waals surface area contributed by atoms with Crippen molar-refractivity contribution in [1.29, 1.82) is 0 Å². The van der Waals surface area contributed by atoms with E-state index in [0.717, 1.165) is 30.6 Å². The number of nitrogens with zero attached hydrogens (tertiary/aromatic N) is 2. The molecule has 1 heterocycles. The van der Waals surface area contributed by atoms with Crippen molar-refractivity contribution in [1.82, 2.24) is 9.78 Å². The average molecular weight is 224 g/mol. The predicted octanol–water partition coefficient (Wildman–Crippen LogP) is 2.69. The van der Waals surface area contributed by atoms with Gasteiger partial charge in [-0.15, -0.1) is 0 Å². The molecule has 0 amide bonds. The predicted molar refractivity (Wildman–Crippen MR) is 66.4 cm³/mol. The number of unbranched alkanes of at least 4 members (excludes halogenated alkanes) is 2. The molecule has 0 bridgehead atoms. The first kappa shape index (κ1) is 13.2. The van der Waals surface area contributed by atoms with Gasteiger partial charge in [0.2, 0.25) is 0 Å². The topological polar surface area (TPSA) is 38.0 Å². The third kappa shape index (κ3) is 2.85. The number of rotatable bonds is 7. The molecule has 0 saturated heterocycles. The summed E-state index contributed by atoms with van der Waals surface area (Å²) in [6.45, 7) is 7.55. The van der Waals surface area contributed by atoms with Crippen LogP contribution in [0.3, 0.4) is 0 Å². The monoisotopic (exact) mass is 224 g/mol. The molecule has 0 aliphatic rings. The molecule has 1 N–H and O–H groups in total. The number of aryl methyl sites for hydroxylation is 2. The maximum Gasteiger partial charge on any atom is 0.0718 e. The van der Waals surface area contributed by atoms with E-state index in [1.54, 1.807) is 0 Å². The Morgan fingerprint density at radius 3 is 2.38 bits per heavy atom. The molecular weight excluding hydrogens is 200 g/mol. The molecule has 1 rings (SSSR count). The maximum atomic E-state index is 9.39. The molecule has 0 spiro atoms. The Balaban J connectivity index is 2.85. The fourth-order valence-corrected chi connectivity index (χ4v) is 2.15. The van der Waals surface area contributed by atoms with Crippen molar-refractivity contribution in [3.8, 4) is 0 Å². The first-order chi connectivity index (χ1) is 7.78. The van der Waals surface area contributed by atoms with Crippen molar-refractivity contribution in [2.24, 2.45) is 0 Å². The summed E-state index contributed by atoms with van der Waals surface area (Å²) in [5.41, 5.74) is 3.34. The minimum atomic E-state index is 0.125. The minimum absolute atomic E-state index is 0.125. The lowest BCUT2D eigenvalue weighted by molar-refractivity contribution is 0.279. The second-order valence-electron chi connectivity index (χ2n) is 4.17. The second kappa shape index (κ2) is 6.69. The van der Waals surface area contributed by atoms with Crippen LogP contribution in [0, 0.1) is 0 Å². The summed E-state index contributed by atoms with van der Waals surface area (Å²) in [5.74, 6) is 0. The number of hydrogen-bond acceptors (Lipinski definition) is 2. The van der Waals surface area contributed by atoms with Crippen LogP contribution in [0.25, 0.3) is 0 Å². The highest BCUT2D eigenvalue weighted by Gasteiger charge is 2.13. The standard InChI is InChI=1S/C13H24N2O/c1-4-7-8-9-15-13(6-3)11(10-16)12(5-2)14-15/h16H,4-10H2,1-3H3. The van der Waals surface area contributed by atoms with Gasteiger partial charge in [-0.3, -0.25) is 4.68 Å². The van der Waals surface area contributed by atoms with Crippen molar-refractivity contribution in [2.75, 3.05) is 0 Å². The molecule has 92 valence electrons. The Kier molecular flexibility index (Phi) is 5.53. The van der Waals surface area contributed by atoms with Crippen LogP contribution < -0.4 is 0 Å². The first-order valence-corrected chi connectivity index (χ1v) is 6.46. The third-order valence-electron chi connectivity index (χ3n) is 3.05. The van der Waals surface area contributed by atoms with Crippen molar-refractivity contribution in [3.05, 3.63) is 17.0 Å². The first-order valence-electron chi connectivity index (χ1n) is 6.46. The summed E-state index contributed by atoms with van der Waals surface area (Å²) in [6, 6.07) is 0. The highest BCUT2D eigenvalue weighted by molar-refractivity contribution is 5.25. The molecule has 3 nitrogen and oxygen atoms in total. The summed E-state index contributed by atoms with van der Waals surface area (Å²) in [6.07, 6.45) is 5.52. The molecule has 0 atom stereocenters. The summed E-state index contributed by atoms with van der Waals surface area (Å²) in [4.78, 5) is 0. The normalized spacial score (nSPS) is 11.0. The summed E-state index contributed by atoms with van der Waals surface area (Å²) in [5, 5.41) is 14.0. The molecule has 0 aliphatic carbocycles. The molecular formula is C13H24N2O. The van der Waals surface area contributed by atoms with Crippen LogP contribution in [0.5, 0.6) is 0 Å². The van der Waals surface area contributed by atoms with Crippen LogP contribution in [0.2, 0.25) is 0 Å². The van der Waals surface area contributed by atoms with E-state index in [1.807, 2.05) is 0 Å². The summed E-state index contributed by atoms with van der Waals surface area (Å²) in [7, 11) is 0. The maximum absolute atomic E-state index is 9.39.